The van der Waals surface area contributed by atoms with Crippen molar-refractivity contribution in [3.05, 3.63) is 109 Å². The molecular weight excluding hydrogens is 595 g/mol. The highest BCUT2D eigenvalue weighted by Crippen LogP contribution is 2.36. The molecule has 11 heteroatoms. The highest BCUT2D eigenvalue weighted by atomic mass is 19.1. The first-order chi connectivity index (χ1) is 22.9. The summed E-state index contributed by atoms with van der Waals surface area (Å²) in [6, 6.07) is 20.4. The number of anilines is 1. The van der Waals surface area contributed by atoms with E-state index >= 15 is 0 Å². The number of ether oxygens (including phenoxy) is 1. The van der Waals surface area contributed by atoms with Crippen molar-refractivity contribution in [1.29, 1.82) is 0 Å². The lowest BCUT2D eigenvalue weighted by Crippen LogP contribution is -2.21. The Bertz CT molecular complexity index is 2160. The summed E-state index contributed by atoms with van der Waals surface area (Å²) in [5, 5.41) is 23.2. The molecule has 0 bridgehead atoms. The molecule has 5 heterocycles. The number of hydrogen-bond donors (Lipinski definition) is 4. The lowest BCUT2D eigenvalue weighted by atomic mass is 10.0. The van der Waals surface area contributed by atoms with Gasteiger partial charge in [-0.1, -0.05) is 30.3 Å². The second-order valence-corrected chi connectivity index (χ2v) is 11.7. The number of aromatic amines is 2. The molecule has 0 radical (unpaired) electrons. The van der Waals surface area contributed by atoms with E-state index in [0.29, 0.717) is 41.4 Å². The van der Waals surface area contributed by atoms with Crippen molar-refractivity contribution in [3.63, 3.8) is 0 Å². The minimum absolute atomic E-state index is 0.382. The van der Waals surface area contributed by atoms with Crippen LogP contribution < -0.4 is 10.1 Å². The van der Waals surface area contributed by atoms with Gasteiger partial charge in [-0.2, -0.15) is 5.10 Å². The number of fused-ring (bicyclic) bond motifs is 2. The van der Waals surface area contributed by atoms with Crippen molar-refractivity contribution in [2.45, 2.75) is 12.6 Å². The summed E-state index contributed by atoms with van der Waals surface area (Å²) in [5.41, 5.74) is 7.68. The van der Waals surface area contributed by atoms with Crippen molar-refractivity contribution in [2.24, 2.45) is 0 Å². The molecule has 2 aromatic carbocycles. The molecule has 1 unspecified atom stereocenters. The van der Waals surface area contributed by atoms with Crippen molar-refractivity contribution < 1.29 is 14.2 Å². The second-order valence-electron chi connectivity index (χ2n) is 11.7. The third-order valence-electron chi connectivity index (χ3n) is 7.88. The highest BCUT2D eigenvalue weighted by molar-refractivity contribution is 6.01. The van der Waals surface area contributed by atoms with Crippen LogP contribution in [0, 0.1) is 5.82 Å². The van der Waals surface area contributed by atoms with E-state index < -0.39 is 6.23 Å². The molecule has 10 nitrogen and oxygen atoms in total. The predicted molar refractivity (Wildman–Crippen MR) is 181 cm³/mol. The first kappa shape index (κ1) is 30.0. The van der Waals surface area contributed by atoms with Crippen molar-refractivity contribution in [2.75, 3.05) is 32.6 Å². The molecule has 4 N–H and O–H groups in total. The Kier molecular flexibility index (Phi) is 8.30. The molecule has 47 heavy (non-hydrogen) atoms. The molecule has 0 amide bonds. The van der Waals surface area contributed by atoms with Gasteiger partial charge in [0.1, 0.15) is 30.1 Å². The highest BCUT2D eigenvalue weighted by Gasteiger charge is 2.17. The standard InChI is InChI=1S/C36H33FN8O2/c1-45(2)8-9-47-27-13-23(11-25(37)14-27)30-19-39-20-33-28(30)15-32(42-33)36-29-16-31(40-21-34(29)43-44-36)24-12-26(18-38-17-24)41-35(46)10-22-6-4-3-5-7-22/h3-7,11-21,35,41-42,46H,8-10H2,1-2H3,(H,43,44). The summed E-state index contributed by atoms with van der Waals surface area (Å²) in [6.45, 7) is 1.17. The van der Waals surface area contributed by atoms with Gasteiger partial charge in [-0.3, -0.25) is 20.1 Å². The van der Waals surface area contributed by atoms with Gasteiger partial charge in [-0.25, -0.2) is 4.39 Å². The fourth-order valence-electron chi connectivity index (χ4n) is 5.58. The molecule has 7 aromatic rings. The van der Waals surface area contributed by atoms with Gasteiger partial charge in [0.05, 0.1) is 46.7 Å². The average Bonchev–Trinajstić information content (AvgIpc) is 3.69. The van der Waals surface area contributed by atoms with Crippen LogP contribution >= 0.6 is 0 Å². The zero-order valence-corrected chi connectivity index (χ0v) is 25.9. The van der Waals surface area contributed by atoms with Crippen LogP contribution in [0.4, 0.5) is 10.1 Å². The van der Waals surface area contributed by atoms with Gasteiger partial charge in [0.2, 0.25) is 0 Å². The normalized spacial score (nSPS) is 12.2. The van der Waals surface area contributed by atoms with E-state index in [4.69, 9.17) is 4.74 Å². The van der Waals surface area contributed by atoms with Gasteiger partial charge in [0, 0.05) is 53.3 Å². The SMILES string of the molecule is CN(C)CCOc1cc(F)cc(-c2cncc3[nH]c(-c4n[nH]c5cnc(-c6cncc(NC(O)Cc7ccccc7)c6)cc45)cc23)c1. The van der Waals surface area contributed by atoms with Gasteiger partial charge < -0.3 is 25.0 Å². The van der Waals surface area contributed by atoms with Crippen LogP contribution in [0.5, 0.6) is 5.75 Å². The maximum Gasteiger partial charge on any atom is 0.128 e. The molecule has 0 aliphatic heterocycles. The van der Waals surface area contributed by atoms with Crippen molar-refractivity contribution >= 4 is 27.5 Å². The minimum Gasteiger partial charge on any atom is -0.492 e. The smallest absolute Gasteiger partial charge is 0.128 e. The Morgan fingerprint density at radius 1 is 0.894 bits per heavy atom. The summed E-state index contributed by atoms with van der Waals surface area (Å²) < 4.78 is 20.5. The van der Waals surface area contributed by atoms with E-state index in [-0.39, 0.29) is 5.82 Å². The van der Waals surface area contributed by atoms with Crippen LogP contribution in [0.2, 0.25) is 0 Å². The number of aromatic nitrogens is 6. The lowest BCUT2D eigenvalue weighted by molar-refractivity contribution is 0.204. The zero-order chi connectivity index (χ0) is 32.3. The van der Waals surface area contributed by atoms with E-state index in [0.717, 1.165) is 50.7 Å². The molecule has 1 atom stereocenters. The van der Waals surface area contributed by atoms with Gasteiger partial charge in [0.15, 0.2) is 0 Å². The Morgan fingerprint density at radius 2 is 1.74 bits per heavy atom. The molecule has 0 fully saturated rings. The van der Waals surface area contributed by atoms with Gasteiger partial charge in [-0.05, 0) is 55.6 Å². The monoisotopic (exact) mass is 628 g/mol. The maximum atomic E-state index is 14.7. The Hall–Kier alpha value is -5.65. The number of pyridine rings is 3. The molecule has 7 rings (SSSR count). The van der Waals surface area contributed by atoms with E-state index in [9.17, 15) is 9.50 Å². The van der Waals surface area contributed by atoms with Crippen LogP contribution in [0.3, 0.4) is 0 Å². The molecule has 0 spiro atoms. The van der Waals surface area contributed by atoms with Crippen LogP contribution in [-0.4, -0.2) is 73.6 Å². The van der Waals surface area contributed by atoms with E-state index in [2.05, 4.69) is 35.5 Å². The second kappa shape index (κ2) is 13.0. The summed E-state index contributed by atoms with van der Waals surface area (Å²) in [4.78, 5) is 18.9. The third kappa shape index (κ3) is 6.67. The largest absolute Gasteiger partial charge is 0.492 e. The van der Waals surface area contributed by atoms with Gasteiger partial charge in [-0.15, -0.1) is 0 Å². The molecule has 0 saturated heterocycles. The Labute approximate surface area is 270 Å². The summed E-state index contributed by atoms with van der Waals surface area (Å²) in [6.07, 6.45) is 8.31. The first-order valence-corrected chi connectivity index (χ1v) is 15.2. The predicted octanol–water partition coefficient (Wildman–Crippen LogP) is 6.28. The van der Waals surface area contributed by atoms with E-state index in [1.165, 1.54) is 12.1 Å². The molecule has 0 aliphatic carbocycles. The number of benzene rings is 2. The molecule has 236 valence electrons. The minimum atomic E-state index is -0.777. The molecule has 5 aromatic heterocycles. The fraction of sp³-hybridized carbons (Fsp3) is 0.167. The van der Waals surface area contributed by atoms with Crippen LogP contribution in [0.25, 0.3) is 55.6 Å². The molecule has 0 aliphatic rings. The number of hydrogen-bond acceptors (Lipinski definition) is 8. The van der Waals surface area contributed by atoms with Crippen LogP contribution in [0.15, 0.2) is 97.7 Å². The van der Waals surface area contributed by atoms with E-state index in [1.807, 2.05) is 73.6 Å². The maximum absolute atomic E-state index is 14.7. The first-order valence-electron chi connectivity index (χ1n) is 15.2. The number of aliphatic hydroxyl groups excluding tert-OH is 1. The van der Waals surface area contributed by atoms with E-state index in [1.54, 1.807) is 31.0 Å². The van der Waals surface area contributed by atoms with Crippen LogP contribution in [0.1, 0.15) is 5.56 Å². The number of halogens is 1. The van der Waals surface area contributed by atoms with Crippen molar-refractivity contribution in [1.82, 2.24) is 35.0 Å². The number of rotatable bonds is 11. The van der Waals surface area contributed by atoms with Crippen LogP contribution in [-0.2, 0) is 6.42 Å². The Morgan fingerprint density at radius 3 is 2.60 bits per heavy atom. The molecule has 0 saturated carbocycles. The molecular formula is C36H33FN8O2. The number of likely N-dealkylation sites (N-methyl/N-ethyl adjacent to an activating group) is 1. The summed E-state index contributed by atoms with van der Waals surface area (Å²) >= 11 is 0. The fourth-order valence-corrected chi connectivity index (χ4v) is 5.58. The summed E-state index contributed by atoms with van der Waals surface area (Å²) in [7, 11) is 3.92. The zero-order valence-electron chi connectivity index (χ0n) is 25.9. The lowest BCUT2D eigenvalue weighted by Gasteiger charge is -2.14. The number of aliphatic hydroxyl groups is 1. The average molecular weight is 629 g/mol. The topological polar surface area (TPSA) is 128 Å². The quantitative estimate of drug-likeness (QED) is 0.123. The van der Waals surface area contributed by atoms with Crippen molar-refractivity contribution in [3.8, 4) is 39.5 Å². The number of nitrogens with one attached hydrogen (secondary N) is 3. The van der Waals surface area contributed by atoms with Gasteiger partial charge >= 0.3 is 0 Å². The number of nitrogens with zero attached hydrogens (tertiary/aromatic N) is 5. The summed E-state index contributed by atoms with van der Waals surface area (Å²) in [5.74, 6) is 0.0836. The Balaban J connectivity index is 1.18. The number of H-pyrrole nitrogens is 2. The third-order valence-corrected chi connectivity index (χ3v) is 7.88. The van der Waals surface area contributed by atoms with Gasteiger partial charge in [0.25, 0.3) is 0 Å².